The fourth-order valence-corrected chi connectivity index (χ4v) is 3.49. The molecule has 10 nitrogen and oxygen atoms in total. The topological polar surface area (TPSA) is 110 Å². The van der Waals surface area contributed by atoms with Gasteiger partial charge < -0.3 is 14.2 Å². The van der Waals surface area contributed by atoms with Crippen LogP contribution in [0.1, 0.15) is 12.0 Å². The second-order valence-electron chi connectivity index (χ2n) is 7.95. The van der Waals surface area contributed by atoms with Crippen LogP contribution in [0.4, 0.5) is 11.6 Å². The van der Waals surface area contributed by atoms with Crippen LogP contribution in [-0.4, -0.2) is 46.0 Å². The summed E-state index contributed by atoms with van der Waals surface area (Å²) in [6.45, 7) is 0.897. The highest BCUT2D eigenvalue weighted by atomic mass is 16.5. The summed E-state index contributed by atoms with van der Waals surface area (Å²) in [5.74, 6) is 1.14. The normalized spacial score (nSPS) is 11.3. The second-order valence-corrected chi connectivity index (χ2v) is 7.95. The molecule has 0 bridgehead atoms. The zero-order valence-electron chi connectivity index (χ0n) is 19.4. The van der Waals surface area contributed by atoms with Crippen LogP contribution in [0.15, 0.2) is 69.3 Å². The molecule has 0 saturated carbocycles. The molecule has 0 aliphatic rings. The summed E-state index contributed by atoms with van der Waals surface area (Å²) in [7, 11) is 5.53. The number of nitrogens with one attached hydrogen (secondary N) is 2. The lowest BCUT2D eigenvalue weighted by Gasteiger charge is -2.11. The number of para-hydroxylation sites is 1. The first-order chi connectivity index (χ1) is 16.4. The van der Waals surface area contributed by atoms with Crippen molar-refractivity contribution in [2.45, 2.75) is 13.0 Å². The molecular weight excluding hydrogens is 434 g/mol. The highest BCUT2D eigenvalue weighted by Crippen LogP contribution is 2.17. The smallest absolute Gasteiger partial charge is 0.329 e. The Morgan fingerprint density at radius 1 is 1.12 bits per heavy atom. The molecule has 0 atom stereocenters. The van der Waals surface area contributed by atoms with Crippen LogP contribution in [0.5, 0.6) is 5.75 Å². The number of hydrogen-bond donors (Lipinski definition) is 2. The van der Waals surface area contributed by atoms with Crippen molar-refractivity contribution in [1.29, 1.82) is 0 Å². The first-order valence-corrected chi connectivity index (χ1v) is 10.9. The van der Waals surface area contributed by atoms with Crippen molar-refractivity contribution in [2.24, 2.45) is 12.1 Å². The molecule has 0 unspecified atom stereocenters. The van der Waals surface area contributed by atoms with E-state index >= 15 is 0 Å². The molecule has 2 N–H and O–H groups in total. The van der Waals surface area contributed by atoms with Crippen LogP contribution >= 0.6 is 0 Å². The van der Waals surface area contributed by atoms with Crippen LogP contribution in [-0.2, 0) is 13.6 Å². The summed E-state index contributed by atoms with van der Waals surface area (Å²) in [5.41, 5.74) is 4.48. The first kappa shape index (κ1) is 22.8. The molecule has 2 heterocycles. The summed E-state index contributed by atoms with van der Waals surface area (Å²) >= 11 is 0. The molecule has 0 spiro atoms. The average Bonchev–Trinajstić information content (AvgIpc) is 3.20. The second kappa shape index (κ2) is 10.1. The van der Waals surface area contributed by atoms with E-state index in [1.54, 1.807) is 17.8 Å². The van der Waals surface area contributed by atoms with Crippen LogP contribution < -0.4 is 26.3 Å². The Kier molecular flexibility index (Phi) is 6.77. The van der Waals surface area contributed by atoms with Crippen molar-refractivity contribution in [3.8, 4) is 5.75 Å². The standard InChI is InChI=1S/C24H27N7O3/c1-29(2)18-12-10-17(11-13-18)16-25-28-23-26-21-20(22(32)27-24(33)30(21)3)31(23)14-7-15-34-19-8-5-4-6-9-19/h4-6,8-13,16H,7,14-15H2,1-3H3,(H,26,28)(H,27,32,33)/b25-16-. The van der Waals surface area contributed by atoms with Crippen molar-refractivity contribution in [3.63, 3.8) is 0 Å². The van der Waals surface area contributed by atoms with Gasteiger partial charge in [-0.3, -0.25) is 14.3 Å². The molecule has 4 rings (SSSR count). The number of nitrogens with zero attached hydrogens (tertiary/aromatic N) is 5. The minimum Gasteiger partial charge on any atom is -0.494 e. The monoisotopic (exact) mass is 461 g/mol. The molecule has 0 saturated heterocycles. The van der Waals surface area contributed by atoms with E-state index in [1.165, 1.54) is 4.57 Å². The van der Waals surface area contributed by atoms with Crippen molar-refractivity contribution in [1.82, 2.24) is 19.1 Å². The Bertz CT molecular complexity index is 1400. The summed E-state index contributed by atoms with van der Waals surface area (Å²) in [6, 6.07) is 17.4. The quantitative estimate of drug-likeness (QED) is 0.225. The Labute approximate surface area is 196 Å². The lowest BCUT2D eigenvalue weighted by molar-refractivity contribution is 0.303. The van der Waals surface area contributed by atoms with Crippen LogP contribution in [0.25, 0.3) is 11.2 Å². The van der Waals surface area contributed by atoms with Gasteiger partial charge in [0.15, 0.2) is 11.2 Å². The third-order valence-corrected chi connectivity index (χ3v) is 5.33. The Morgan fingerprint density at radius 2 is 1.85 bits per heavy atom. The Hall–Kier alpha value is -4.34. The molecule has 34 heavy (non-hydrogen) atoms. The third-order valence-electron chi connectivity index (χ3n) is 5.33. The molecule has 0 radical (unpaired) electrons. The largest absolute Gasteiger partial charge is 0.494 e. The van der Waals surface area contributed by atoms with Gasteiger partial charge in [0.2, 0.25) is 5.95 Å². The van der Waals surface area contributed by atoms with E-state index in [4.69, 9.17) is 4.74 Å². The highest BCUT2D eigenvalue weighted by molar-refractivity contribution is 5.81. The van der Waals surface area contributed by atoms with Gasteiger partial charge in [-0.25, -0.2) is 10.2 Å². The fraction of sp³-hybridized carbons (Fsp3) is 0.250. The summed E-state index contributed by atoms with van der Waals surface area (Å²) in [6.07, 6.45) is 2.29. The van der Waals surface area contributed by atoms with Gasteiger partial charge in [0.05, 0.1) is 12.8 Å². The minimum atomic E-state index is -0.523. The Balaban J connectivity index is 1.55. The number of aromatic amines is 1. The third kappa shape index (κ3) is 5.01. The van der Waals surface area contributed by atoms with Crippen molar-refractivity contribution in [2.75, 3.05) is 31.0 Å². The highest BCUT2D eigenvalue weighted by Gasteiger charge is 2.17. The number of fused-ring (bicyclic) bond motifs is 1. The number of aromatic nitrogens is 4. The molecule has 0 fully saturated rings. The lowest BCUT2D eigenvalue weighted by atomic mass is 10.2. The Morgan fingerprint density at radius 3 is 2.56 bits per heavy atom. The zero-order chi connectivity index (χ0) is 24.1. The van der Waals surface area contributed by atoms with Crippen molar-refractivity contribution >= 4 is 29.0 Å². The zero-order valence-corrected chi connectivity index (χ0v) is 19.4. The molecular formula is C24H27N7O3. The number of ether oxygens (including phenoxy) is 1. The van der Waals surface area contributed by atoms with Gasteiger partial charge in [0, 0.05) is 33.4 Å². The predicted octanol–water partition coefficient (Wildman–Crippen LogP) is 2.40. The van der Waals surface area contributed by atoms with Crippen molar-refractivity contribution < 1.29 is 4.74 Å². The number of benzene rings is 2. The summed E-state index contributed by atoms with van der Waals surface area (Å²) < 4.78 is 8.79. The molecule has 2 aromatic carbocycles. The summed E-state index contributed by atoms with van der Waals surface area (Å²) in [4.78, 5) is 33.5. The van der Waals surface area contributed by atoms with E-state index in [2.05, 4.69) is 20.5 Å². The number of H-pyrrole nitrogens is 1. The lowest BCUT2D eigenvalue weighted by Crippen LogP contribution is -2.29. The minimum absolute atomic E-state index is 0.283. The van der Waals surface area contributed by atoms with E-state index in [1.807, 2.05) is 73.6 Å². The maximum absolute atomic E-state index is 12.6. The molecule has 0 amide bonds. The van der Waals surface area contributed by atoms with E-state index < -0.39 is 11.2 Å². The van der Waals surface area contributed by atoms with Gasteiger partial charge in [0.25, 0.3) is 5.56 Å². The number of aryl methyl sites for hydroxylation is 2. The summed E-state index contributed by atoms with van der Waals surface area (Å²) in [5, 5.41) is 4.30. The molecule has 0 aliphatic carbocycles. The molecule has 10 heteroatoms. The fourth-order valence-electron chi connectivity index (χ4n) is 3.49. The van der Waals surface area contributed by atoms with Crippen LogP contribution in [0.2, 0.25) is 0 Å². The number of hydrazone groups is 1. The number of rotatable bonds is 9. The van der Waals surface area contributed by atoms with Gasteiger partial charge >= 0.3 is 5.69 Å². The molecule has 2 aromatic heterocycles. The van der Waals surface area contributed by atoms with Gasteiger partial charge in [-0.1, -0.05) is 30.3 Å². The maximum atomic E-state index is 12.6. The number of anilines is 2. The van der Waals surface area contributed by atoms with E-state index in [-0.39, 0.29) is 5.65 Å². The maximum Gasteiger partial charge on any atom is 0.329 e. The van der Waals surface area contributed by atoms with Gasteiger partial charge in [-0.2, -0.15) is 10.1 Å². The first-order valence-electron chi connectivity index (χ1n) is 10.9. The average molecular weight is 462 g/mol. The SMILES string of the molecule is CN(C)c1ccc(/C=N\Nc2nc3c(c(=O)[nH]c(=O)n3C)n2CCCOc2ccccc2)cc1. The van der Waals surface area contributed by atoms with Crippen molar-refractivity contribution in [3.05, 3.63) is 81.0 Å². The molecule has 4 aromatic rings. The predicted molar refractivity (Wildman–Crippen MR) is 134 cm³/mol. The van der Waals surface area contributed by atoms with Gasteiger partial charge in [-0.05, 0) is 36.2 Å². The van der Waals surface area contributed by atoms with Crippen LogP contribution in [0, 0.1) is 0 Å². The molecule has 0 aliphatic heterocycles. The van der Waals surface area contributed by atoms with E-state index in [0.29, 0.717) is 31.0 Å². The van der Waals surface area contributed by atoms with Gasteiger partial charge in [0.1, 0.15) is 5.75 Å². The molecule has 176 valence electrons. The number of imidazole rings is 1. The van der Waals surface area contributed by atoms with E-state index in [9.17, 15) is 9.59 Å². The van der Waals surface area contributed by atoms with Crippen LogP contribution in [0.3, 0.4) is 0 Å². The number of hydrogen-bond acceptors (Lipinski definition) is 7. The van der Waals surface area contributed by atoms with Gasteiger partial charge in [-0.15, -0.1) is 0 Å². The van der Waals surface area contributed by atoms with E-state index in [0.717, 1.165) is 17.0 Å².